The van der Waals surface area contributed by atoms with Crippen molar-refractivity contribution in [2.24, 2.45) is 56.7 Å². The molecule has 0 heterocycles. The predicted molar refractivity (Wildman–Crippen MR) is 187 cm³/mol. The third kappa shape index (κ3) is 6.12. The molecule has 10 nitrogen and oxygen atoms in total. The Hall–Kier alpha value is -2.46. The Morgan fingerprint density at radius 2 is 1.56 bits per heavy atom. The van der Waals surface area contributed by atoms with Crippen molar-refractivity contribution < 1.29 is 43.2 Å². The SMILES string of the molecule is CCOOC[C@@]1(C)C2CC[C@]3(C)C(CC=C4C5[C@@H](C)[C@H](C)CC[C@]5(C(=O)NCC(=O)OCC)CC[C@]43C)[C@@]2(C)C[C@@H](OC(C)=O)[C@@H]1OC(C)=O. The van der Waals surface area contributed by atoms with E-state index in [9.17, 15) is 19.2 Å². The highest BCUT2D eigenvalue weighted by Gasteiger charge is 2.71. The second-order valence-corrected chi connectivity index (χ2v) is 17.3. The lowest BCUT2D eigenvalue weighted by molar-refractivity contribution is -0.336. The molecule has 0 aromatic heterocycles. The minimum absolute atomic E-state index is 0.0155. The highest BCUT2D eigenvalue weighted by Crippen LogP contribution is 2.76. The van der Waals surface area contributed by atoms with Gasteiger partial charge in [0, 0.05) is 19.3 Å². The predicted octanol–water partition coefficient (Wildman–Crippen LogP) is 6.74. The summed E-state index contributed by atoms with van der Waals surface area (Å²) in [5.74, 6) is -0.0275. The number of hydrogen-bond acceptors (Lipinski definition) is 9. The lowest BCUT2D eigenvalue weighted by atomic mass is 9.33. The molecule has 0 spiro atoms. The van der Waals surface area contributed by atoms with Gasteiger partial charge in [0.05, 0.1) is 25.2 Å². The van der Waals surface area contributed by atoms with Crippen molar-refractivity contribution in [1.29, 1.82) is 0 Å². The summed E-state index contributed by atoms with van der Waals surface area (Å²) in [5, 5.41) is 3.01. The summed E-state index contributed by atoms with van der Waals surface area (Å²) in [6, 6.07) is 0. The van der Waals surface area contributed by atoms with Crippen molar-refractivity contribution in [2.75, 3.05) is 26.4 Å². The fraction of sp³-hybridized carbons (Fsp3) is 0.850. The molecular formula is C40H63NO9. The smallest absolute Gasteiger partial charge is 0.325 e. The van der Waals surface area contributed by atoms with Gasteiger partial charge in [-0.05, 0) is 111 Å². The van der Waals surface area contributed by atoms with Crippen LogP contribution in [0.5, 0.6) is 0 Å². The molecule has 1 N–H and O–H groups in total. The van der Waals surface area contributed by atoms with Crippen LogP contribution < -0.4 is 5.32 Å². The van der Waals surface area contributed by atoms with E-state index >= 15 is 0 Å². The van der Waals surface area contributed by atoms with Crippen LogP contribution in [0.2, 0.25) is 0 Å². The van der Waals surface area contributed by atoms with Crippen LogP contribution >= 0.6 is 0 Å². The van der Waals surface area contributed by atoms with E-state index in [1.165, 1.54) is 19.4 Å². The van der Waals surface area contributed by atoms with Crippen LogP contribution in [0.25, 0.3) is 0 Å². The van der Waals surface area contributed by atoms with Gasteiger partial charge in [-0.3, -0.25) is 19.2 Å². The summed E-state index contributed by atoms with van der Waals surface area (Å²) in [7, 11) is 0. The fourth-order valence-electron chi connectivity index (χ4n) is 12.5. The van der Waals surface area contributed by atoms with Crippen LogP contribution in [-0.2, 0) is 43.2 Å². The molecular weight excluding hydrogens is 638 g/mol. The summed E-state index contributed by atoms with van der Waals surface area (Å²) in [4.78, 5) is 62.9. The molecule has 5 aliphatic rings. The molecule has 0 saturated heterocycles. The molecule has 4 saturated carbocycles. The van der Waals surface area contributed by atoms with Gasteiger partial charge in [0.25, 0.3) is 0 Å². The van der Waals surface area contributed by atoms with Crippen molar-refractivity contribution in [3.8, 4) is 0 Å². The first-order valence-electron chi connectivity index (χ1n) is 19.2. The number of carbonyl (C=O) groups is 4. The molecule has 5 rings (SSSR count). The van der Waals surface area contributed by atoms with E-state index in [-0.39, 0.29) is 59.7 Å². The largest absolute Gasteiger partial charge is 0.465 e. The molecule has 1 amide bonds. The van der Waals surface area contributed by atoms with Crippen molar-refractivity contribution in [2.45, 2.75) is 133 Å². The van der Waals surface area contributed by atoms with Gasteiger partial charge in [-0.25, -0.2) is 9.78 Å². The topological polar surface area (TPSA) is 126 Å². The van der Waals surface area contributed by atoms with E-state index in [1.54, 1.807) is 6.92 Å². The van der Waals surface area contributed by atoms with Gasteiger partial charge in [0.15, 0.2) is 0 Å². The number of ether oxygens (including phenoxy) is 3. The molecule has 0 aromatic carbocycles. The maximum atomic E-state index is 14.3. The van der Waals surface area contributed by atoms with Crippen molar-refractivity contribution in [1.82, 2.24) is 5.32 Å². The molecule has 0 aromatic rings. The first-order valence-corrected chi connectivity index (χ1v) is 19.2. The molecule has 0 radical (unpaired) electrons. The number of carbonyl (C=O) groups excluding carboxylic acids is 4. The van der Waals surface area contributed by atoms with Gasteiger partial charge in [-0.2, -0.15) is 0 Å². The zero-order valence-corrected chi connectivity index (χ0v) is 32.3. The average Bonchev–Trinajstić information content (AvgIpc) is 3.03. The quantitative estimate of drug-likeness (QED) is 0.0658. The second kappa shape index (κ2) is 14.2. The van der Waals surface area contributed by atoms with Gasteiger partial charge in [0.1, 0.15) is 18.8 Å². The van der Waals surface area contributed by atoms with E-state index in [2.05, 4.69) is 52.9 Å². The number of allylic oxidation sites excluding steroid dienone is 2. The van der Waals surface area contributed by atoms with E-state index in [1.807, 2.05) is 6.92 Å². The number of amides is 1. The Kier molecular flexibility index (Phi) is 11.0. The Labute approximate surface area is 299 Å². The molecule has 0 bridgehead atoms. The molecule has 4 fully saturated rings. The summed E-state index contributed by atoms with van der Waals surface area (Å²) < 4.78 is 17.2. The van der Waals surface area contributed by atoms with Gasteiger partial charge < -0.3 is 19.5 Å². The Morgan fingerprint density at radius 3 is 2.20 bits per heavy atom. The van der Waals surface area contributed by atoms with E-state index in [0.29, 0.717) is 24.9 Å². The maximum absolute atomic E-state index is 14.3. The minimum Gasteiger partial charge on any atom is -0.465 e. The normalized spacial score (nSPS) is 43.5. The van der Waals surface area contributed by atoms with Crippen molar-refractivity contribution in [3.63, 3.8) is 0 Å². The van der Waals surface area contributed by atoms with Gasteiger partial charge in [-0.15, -0.1) is 0 Å². The van der Waals surface area contributed by atoms with Crippen LogP contribution in [0.15, 0.2) is 11.6 Å². The highest BCUT2D eigenvalue weighted by atomic mass is 17.2. The molecule has 50 heavy (non-hydrogen) atoms. The standard InChI is InChI=1S/C40H63NO9/c1-11-46-32(44)22-41-35(45)40-18-15-24(3)25(4)33(40)28-13-14-31-36(7)21-29(49-26(5)42)34(50-27(6)43)37(8,23-48-47-12-2)30(36)16-17-39(31,10)38(28,9)19-20-40/h13,24-25,29-31,33-34H,11-12,14-23H2,1-10H3,(H,41,45)/t24-,25+,29-,30?,31?,33?,34+,36+,37+,38-,39-,40+/m1/s1. The number of fused-ring (bicyclic) bond motifs is 7. The number of hydrogen-bond donors (Lipinski definition) is 1. The Morgan fingerprint density at radius 1 is 0.860 bits per heavy atom. The Balaban J connectivity index is 1.57. The molecule has 282 valence electrons. The fourth-order valence-corrected chi connectivity index (χ4v) is 12.5. The lowest BCUT2D eigenvalue weighted by Crippen LogP contribution is -2.69. The van der Waals surface area contributed by atoms with Crippen LogP contribution in [0.1, 0.15) is 121 Å². The average molecular weight is 702 g/mol. The van der Waals surface area contributed by atoms with Crippen LogP contribution in [0.4, 0.5) is 0 Å². The van der Waals surface area contributed by atoms with Crippen LogP contribution in [0.3, 0.4) is 0 Å². The van der Waals surface area contributed by atoms with E-state index in [0.717, 1.165) is 44.9 Å². The minimum atomic E-state index is -0.676. The molecule has 3 unspecified atom stereocenters. The van der Waals surface area contributed by atoms with E-state index in [4.69, 9.17) is 24.0 Å². The summed E-state index contributed by atoms with van der Waals surface area (Å²) in [6.07, 6.45) is 7.91. The zero-order chi connectivity index (χ0) is 36.9. The molecule has 5 aliphatic carbocycles. The van der Waals surface area contributed by atoms with E-state index < -0.39 is 40.9 Å². The van der Waals surface area contributed by atoms with Gasteiger partial charge in [-0.1, -0.05) is 53.2 Å². The first kappa shape index (κ1) is 38.8. The van der Waals surface area contributed by atoms with Crippen LogP contribution in [0, 0.1) is 56.7 Å². The number of nitrogens with one attached hydrogen (secondary N) is 1. The summed E-state index contributed by atoms with van der Waals surface area (Å²) in [5.41, 5.74) is -0.365. The second-order valence-electron chi connectivity index (χ2n) is 17.3. The van der Waals surface area contributed by atoms with Gasteiger partial charge >= 0.3 is 17.9 Å². The molecule has 10 heteroatoms. The third-order valence-corrected chi connectivity index (χ3v) is 15.0. The third-order valence-electron chi connectivity index (χ3n) is 15.0. The number of esters is 3. The number of rotatable bonds is 10. The lowest BCUT2D eigenvalue weighted by Gasteiger charge is -2.72. The summed E-state index contributed by atoms with van der Waals surface area (Å²) >= 11 is 0. The zero-order valence-electron chi connectivity index (χ0n) is 32.3. The monoisotopic (exact) mass is 701 g/mol. The van der Waals surface area contributed by atoms with Crippen LogP contribution in [-0.4, -0.2) is 62.4 Å². The van der Waals surface area contributed by atoms with Gasteiger partial charge in [0.2, 0.25) is 5.91 Å². The van der Waals surface area contributed by atoms with Crippen molar-refractivity contribution in [3.05, 3.63) is 11.6 Å². The highest BCUT2D eigenvalue weighted by molar-refractivity contribution is 5.87. The summed E-state index contributed by atoms with van der Waals surface area (Å²) in [6.45, 7) is 21.3. The maximum Gasteiger partial charge on any atom is 0.325 e. The molecule has 0 aliphatic heterocycles. The Bertz CT molecular complexity index is 1360. The first-order chi connectivity index (χ1) is 23.4. The van der Waals surface area contributed by atoms with Crippen molar-refractivity contribution >= 4 is 23.8 Å². The molecule has 12 atom stereocenters.